The Labute approximate surface area is 116 Å². The molecule has 19 heavy (non-hydrogen) atoms. The minimum Gasteiger partial charge on any atom is -0.496 e. The van der Waals surface area contributed by atoms with Crippen LogP contribution in [0.4, 0.5) is 0 Å². The van der Waals surface area contributed by atoms with Crippen LogP contribution in [0.2, 0.25) is 0 Å². The number of carbonyl (C=O) groups excluding carboxylic acids is 1. The SMILES string of the molecule is COc1ccccc1CCC1C(=O)CCCC1(C)C. The van der Waals surface area contributed by atoms with Gasteiger partial charge in [-0.15, -0.1) is 0 Å². The monoisotopic (exact) mass is 260 g/mol. The average molecular weight is 260 g/mol. The number of ketones is 1. The molecule has 1 unspecified atom stereocenters. The maximum Gasteiger partial charge on any atom is 0.136 e. The van der Waals surface area contributed by atoms with Crippen molar-refractivity contribution in [3.8, 4) is 5.75 Å². The van der Waals surface area contributed by atoms with Gasteiger partial charge in [-0.2, -0.15) is 0 Å². The van der Waals surface area contributed by atoms with E-state index in [4.69, 9.17) is 4.74 Å². The molecule has 1 aliphatic rings. The number of carbonyl (C=O) groups is 1. The fourth-order valence-corrected chi connectivity index (χ4v) is 3.26. The largest absolute Gasteiger partial charge is 0.496 e. The first-order valence-electron chi connectivity index (χ1n) is 7.19. The zero-order valence-electron chi connectivity index (χ0n) is 12.2. The predicted octanol–water partition coefficient (Wildman–Crippen LogP) is 4.02. The molecule has 2 heteroatoms. The van der Waals surface area contributed by atoms with E-state index in [1.165, 1.54) is 5.56 Å². The van der Waals surface area contributed by atoms with Crippen molar-refractivity contribution in [1.82, 2.24) is 0 Å². The highest BCUT2D eigenvalue weighted by Gasteiger charge is 2.37. The van der Waals surface area contributed by atoms with Crippen LogP contribution in [-0.4, -0.2) is 12.9 Å². The summed E-state index contributed by atoms with van der Waals surface area (Å²) in [6, 6.07) is 8.10. The lowest BCUT2D eigenvalue weighted by Gasteiger charge is -2.37. The topological polar surface area (TPSA) is 26.3 Å². The normalized spacial score (nSPS) is 22.3. The molecule has 0 aliphatic heterocycles. The van der Waals surface area contributed by atoms with Crippen molar-refractivity contribution in [2.45, 2.75) is 46.0 Å². The van der Waals surface area contributed by atoms with E-state index < -0.39 is 0 Å². The molecule has 1 fully saturated rings. The maximum atomic E-state index is 12.2. The second-order valence-corrected chi connectivity index (χ2v) is 6.21. The molecule has 0 N–H and O–H groups in total. The van der Waals surface area contributed by atoms with Gasteiger partial charge in [0, 0.05) is 12.3 Å². The van der Waals surface area contributed by atoms with Gasteiger partial charge >= 0.3 is 0 Å². The molecule has 1 atom stereocenters. The van der Waals surface area contributed by atoms with Crippen molar-refractivity contribution in [2.75, 3.05) is 7.11 Å². The summed E-state index contributed by atoms with van der Waals surface area (Å²) in [6.07, 6.45) is 4.84. The molecule has 0 bridgehead atoms. The zero-order chi connectivity index (χ0) is 13.9. The molecule has 0 amide bonds. The van der Waals surface area contributed by atoms with Gasteiger partial charge in [-0.05, 0) is 42.7 Å². The van der Waals surface area contributed by atoms with Crippen LogP contribution in [0, 0.1) is 11.3 Å². The second-order valence-electron chi connectivity index (χ2n) is 6.21. The molecule has 1 aromatic rings. The smallest absolute Gasteiger partial charge is 0.136 e. The summed E-state index contributed by atoms with van der Waals surface area (Å²) in [7, 11) is 1.70. The summed E-state index contributed by atoms with van der Waals surface area (Å²) >= 11 is 0. The number of rotatable bonds is 4. The predicted molar refractivity (Wildman–Crippen MR) is 77.4 cm³/mol. The number of aryl methyl sites for hydroxylation is 1. The van der Waals surface area contributed by atoms with Crippen LogP contribution in [0.1, 0.15) is 45.1 Å². The van der Waals surface area contributed by atoms with Crippen LogP contribution in [-0.2, 0) is 11.2 Å². The van der Waals surface area contributed by atoms with Crippen LogP contribution >= 0.6 is 0 Å². The third-order valence-electron chi connectivity index (χ3n) is 4.47. The van der Waals surface area contributed by atoms with Gasteiger partial charge in [0.25, 0.3) is 0 Å². The summed E-state index contributed by atoms with van der Waals surface area (Å²) in [5.74, 6) is 1.58. The minimum absolute atomic E-state index is 0.150. The lowest BCUT2D eigenvalue weighted by atomic mass is 9.66. The van der Waals surface area contributed by atoms with Crippen LogP contribution in [0.3, 0.4) is 0 Å². The number of benzene rings is 1. The fraction of sp³-hybridized carbons (Fsp3) is 0.588. The van der Waals surface area contributed by atoms with E-state index in [2.05, 4.69) is 19.9 Å². The van der Waals surface area contributed by atoms with Crippen molar-refractivity contribution in [2.24, 2.45) is 11.3 Å². The molecule has 0 aromatic heterocycles. The number of ether oxygens (including phenoxy) is 1. The first-order valence-corrected chi connectivity index (χ1v) is 7.19. The molecule has 0 spiro atoms. The number of Topliss-reactive ketones (excluding diaryl/α,β-unsaturated/α-hetero) is 1. The molecule has 1 aromatic carbocycles. The first kappa shape index (κ1) is 14.1. The van der Waals surface area contributed by atoms with Gasteiger partial charge in [-0.25, -0.2) is 0 Å². The van der Waals surface area contributed by atoms with Gasteiger partial charge in [0.15, 0.2) is 0 Å². The highest BCUT2D eigenvalue weighted by Crippen LogP contribution is 2.41. The third-order valence-corrected chi connectivity index (χ3v) is 4.47. The molecular formula is C17H24O2. The molecule has 1 saturated carbocycles. The molecule has 0 saturated heterocycles. The number of methoxy groups -OCH3 is 1. The Balaban J connectivity index is 2.06. The maximum absolute atomic E-state index is 12.2. The Kier molecular flexibility index (Phi) is 4.28. The first-order chi connectivity index (χ1) is 9.04. The molecule has 1 aliphatic carbocycles. The zero-order valence-corrected chi connectivity index (χ0v) is 12.2. The van der Waals surface area contributed by atoms with Crippen molar-refractivity contribution in [3.05, 3.63) is 29.8 Å². The lowest BCUT2D eigenvalue weighted by Crippen LogP contribution is -2.35. The van der Waals surface area contributed by atoms with Crippen LogP contribution < -0.4 is 4.74 Å². The fourth-order valence-electron chi connectivity index (χ4n) is 3.26. The van der Waals surface area contributed by atoms with E-state index >= 15 is 0 Å². The van der Waals surface area contributed by atoms with E-state index in [0.717, 1.165) is 37.9 Å². The molecule has 104 valence electrons. The Morgan fingerprint density at radius 2 is 2.05 bits per heavy atom. The van der Waals surface area contributed by atoms with Gasteiger partial charge in [-0.3, -0.25) is 4.79 Å². The Morgan fingerprint density at radius 3 is 2.74 bits per heavy atom. The van der Waals surface area contributed by atoms with Gasteiger partial charge in [0.05, 0.1) is 7.11 Å². The van der Waals surface area contributed by atoms with E-state index in [0.29, 0.717) is 5.78 Å². The summed E-state index contributed by atoms with van der Waals surface area (Å²) in [4.78, 5) is 12.2. The van der Waals surface area contributed by atoms with Crippen LogP contribution in [0.25, 0.3) is 0 Å². The van der Waals surface area contributed by atoms with E-state index in [9.17, 15) is 4.79 Å². The van der Waals surface area contributed by atoms with Crippen molar-refractivity contribution < 1.29 is 9.53 Å². The van der Waals surface area contributed by atoms with Gasteiger partial charge in [0.2, 0.25) is 0 Å². The summed E-state index contributed by atoms with van der Waals surface area (Å²) < 4.78 is 5.38. The lowest BCUT2D eigenvalue weighted by molar-refractivity contribution is -0.129. The molecular weight excluding hydrogens is 236 g/mol. The molecule has 2 rings (SSSR count). The number of hydrogen-bond acceptors (Lipinski definition) is 2. The standard InChI is InChI=1S/C17H24O2/c1-17(2)12-6-8-15(18)14(17)11-10-13-7-4-5-9-16(13)19-3/h4-5,7,9,14H,6,8,10-12H2,1-3H3. The summed E-state index contributed by atoms with van der Waals surface area (Å²) in [5, 5.41) is 0. The highest BCUT2D eigenvalue weighted by molar-refractivity contribution is 5.82. The Hall–Kier alpha value is -1.31. The minimum atomic E-state index is 0.150. The van der Waals surface area contributed by atoms with Gasteiger partial charge < -0.3 is 4.74 Å². The van der Waals surface area contributed by atoms with Crippen molar-refractivity contribution >= 4 is 5.78 Å². The average Bonchev–Trinajstić information content (AvgIpc) is 2.38. The quantitative estimate of drug-likeness (QED) is 0.817. The van der Waals surface area contributed by atoms with Crippen LogP contribution in [0.5, 0.6) is 5.75 Å². The Morgan fingerprint density at radius 1 is 1.32 bits per heavy atom. The summed E-state index contributed by atoms with van der Waals surface area (Å²) in [5.41, 5.74) is 1.36. The summed E-state index contributed by atoms with van der Waals surface area (Å²) in [6.45, 7) is 4.47. The van der Waals surface area contributed by atoms with Gasteiger partial charge in [0.1, 0.15) is 11.5 Å². The molecule has 2 nitrogen and oxygen atoms in total. The van der Waals surface area contributed by atoms with E-state index in [-0.39, 0.29) is 11.3 Å². The van der Waals surface area contributed by atoms with Crippen molar-refractivity contribution in [3.63, 3.8) is 0 Å². The van der Waals surface area contributed by atoms with Gasteiger partial charge in [-0.1, -0.05) is 32.0 Å². The number of hydrogen-bond donors (Lipinski definition) is 0. The highest BCUT2D eigenvalue weighted by atomic mass is 16.5. The number of para-hydroxylation sites is 1. The second kappa shape index (κ2) is 5.77. The Bertz CT molecular complexity index is 448. The van der Waals surface area contributed by atoms with E-state index in [1.807, 2.05) is 18.2 Å². The molecule has 0 heterocycles. The van der Waals surface area contributed by atoms with E-state index in [1.54, 1.807) is 7.11 Å². The molecule has 0 radical (unpaired) electrons. The third kappa shape index (κ3) is 3.17. The van der Waals surface area contributed by atoms with Crippen LogP contribution in [0.15, 0.2) is 24.3 Å². The van der Waals surface area contributed by atoms with Crippen molar-refractivity contribution in [1.29, 1.82) is 0 Å².